The molecule has 0 aromatic heterocycles. The molecule has 16 heavy (non-hydrogen) atoms. The molecule has 4 nitrogen and oxygen atoms in total. The van der Waals surface area contributed by atoms with Crippen LogP contribution in [-0.4, -0.2) is 29.0 Å². The number of benzene rings is 1. The van der Waals surface area contributed by atoms with Gasteiger partial charge in [0.1, 0.15) is 5.82 Å². The summed E-state index contributed by atoms with van der Waals surface area (Å²) in [6.07, 6.45) is 0.816. The Kier molecular flexibility index (Phi) is 3.05. The predicted molar refractivity (Wildman–Crippen MR) is 57.7 cm³/mol. The van der Waals surface area contributed by atoms with Crippen LogP contribution in [0, 0.1) is 5.82 Å². The summed E-state index contributed by atoms with van der Waals surface area (Å²) in [5, 5.41) is 1.17. The van der Waals surface area contributed by atoms with Gasteiger partial charge < -0.3 is 4.90 Å². The molecule has 2 N–H and O–H groups in total. The minimum absolute atomic E-state index is 0.241. The summed E-state index contributed by atoms with van der Waals surface area (Å²) in [6, 6.07) is 6.22. The molecule has 2 rings (SSSR count). The fourth-order valence-corrected chi connectivity index (χ4v) is 1.78. The van der Waals surface area contributed by atoms with Gasteiger partial charge in [-0.05, 0) is 12.5 Å². The quantitative estimate of drug-likeness (QED) is 0.607. The number of nitrogens with zero attached hydrogens (tertiary/aromatic N) is 2. The smallest absolute Gasteiger partial charge is 0.319 e. The van der Waals surface area contributed by atoms with Crippen molar-refractivity contribution in [3.63, 3.8) is 0 Å². The van der Waals surface area contributed by atoms with Crippen LogP contribution in [0.3, 0.4) is 0 Å². The summed E-state index contributed by atoms with van der Waals surface area (Å²) in [5.74, 6) is 5.22. The van der Waals surface area contributed by atoms with Crippen LogP contribution in [0.25, 0.3) is 0 Å². The molecule has 1 aromatic rings. The molecule has 86 valence electrons. The van der Waals surface area contributed by atoms with Crippen LogP contribution in [0.4, 0.5) is 9.18 Å². The molecule has 2 amide bonds. The van der Waals surface area contributed by atoms with Gasteiger partial charge in [-0.1, -0.05) is 18.2 Å². The third-order valence-electron chi connectivity index (χ3n) is 2.66. The van der Waals surface area contributed by atoms with Crippen LogP contribution in [0.5, 0.6) is 0 Å². The average Bonchev–Trinajstić information content (AvgIpc) is 2.28. The van der Waals surface area contributed by atoms with Crippen LogP contribution < -0.4 is 5.84 Å². The summed E-state index contributed by atoms with van der Waals surface area (Å²) in [7, 11) is 0. The predicted octanol–water partition coefficient (Wildman–Crippen LogP) is 1.33. The number of hydrogen-bond acceptors (Lipinski definition) is 2. The van der Waals surface area contributed by atoms with E-state index in [0.29, 0.717) is 18.7 Å². The van der Waals surface area contributed by atoms with Crippen molar-refractivity contribution >= 4 is 6.03 Å². The second-order valence-electron chi connectivity index (χ2n) is 3.84. The van der Waals surface area contributed by atoms with Crippen molar-refractivity contribution in [2.24, 2.45) is 5.84 Å². The van der Waals surface area contributed by atoms with Gasteiger partial charge in [-0.25, -0.2) is 15.0 Å². The second kappa shape index (κ2) is 4.49. The summed E-state index contributed by atoms with van der Waals surface area (Å²) in [4.78, 5) is 13.2. The van der Waals surface area contributed by atoms with E-state index in [-0.39, 0.29) is 18.4 Å². The molecule has 1 aliphatic rings. The number of carbonyl (C=O) groups is 1. The Morgan fingerprint density at radius 2 is 2.06 bits per heavy atom. The average molecular weight is 223 g/mol. The first-order valence-corrected chi connectivity index (χ1v) is 5.23. The normalized spacial score (nSPS) is 16.8. The van der Waals surface area contributed by atoms with Crippen molar-refractivity contribution in [3.05, 3.63) is 35.6 Å². The molecule has 0 unspecified atom stereocenters. The highest BCUT2D eigenvalue weighted by Gasteiger charge is 2.23. The van der Waals surface area contributed by atoms with Crippen molar-refractivity contribution in [1.29, 1.82) is 0 Å². The Hall–Kier alpha value is -1.62. The Balaban J connectivity index is 2.10. The lowest BCUT2D eigenvalue weighted by Gasteiger charge is -2.32. The fraction of sp³-hybridized carbons (Fsp3) is 0.364. The van der Waals surface area contributed by atoms with Crippen LogP contribution in [-0.2, 0) is 6.54 Å². The maximum absolute atomic E-state index is 13.4. The fourth-order valence-electron chi connectivity index (χ4n) is 1.78. The monoisotopic (exact) mass is 223 g/mol. The molecule has 0 saturated carbocycles. The van der Waals surface area contributed by atoms with E-state index < -0.39 is 0 Å². The lowest BCUT2D eigenvalue weighted by molar-refractivity contribution is 0.126. The molecular weight excluding hydrogens is 209 g/mol. The number of urea groups is 1. The van der Waals surface area contributed by atoms with Crippen LogP contribution in [0.15, 0.2) is 24.3 Å². The minimum atomic E-state index is -0.288. The van der Waals surface area contributed by atoms with Gasteiger partial charge in [0.15, 0.2) is 0 Å². The lowest BCUT2D eigenvalue weighted by Crippen LogP contribution is -2.52. The van der Waals surface area contributed by atoms with Gasteiger partial charge in [0.25, 0.3) is 0 Å². The van der Waals surface area contributed by atoms with Crippen LogP contribution >= 0.6 is 0 Å². The minimum Gasteiger partial charge on any atom is -0.319 e. The van der Waals surface area contributed by atoms with E-state index in [1.165, 1.54) is 11.1 Å². The zero-order valence-electron chi connectivity index (χ0n) is 8.90. The SMILES string of the molecule is NN1CCCN(Cc2ccccc2F)C1=O. The van der Waals surface area contributed by atoms with E-state index in [2.05, 4.69) is 0 Å². The highest BCUT2D eigenvalue weighted by molar-refractivity contribution is 5.74. The topological polar surface area (TPSA) is 49.6 Å². The number of halogens is 1. The standard InChI is InChI=1S/C11H14FN3O/c12-10-5-2-1-4-9(10)8-14-6-3-7-15(13)11(14)16/h1-2,4-5H,3,6-8,13H2. The first-order valence-electron chi connectivity index (χ1n) is 5.23. The van der Waals surface area contributed by atoms with E-state index in [1.807, 2.05) is 0 Å². The first kappa shape index (κ1) is 10.9. The second-order valence-corrected chi connectivity index (χ2v) is 3.84. The van der Waals surface area contributed by atoms with Crippen molar-refractivity contribution in [3.8, 4) is 0 Å². The van der Waals surface area contributed by atoms with Gasteiger partial charge >= 0.3 is 6.03 Å². The molecular formula is C11H14FN3O. The van der Waals surface area contributed by atoms with Crippen LogP contribution in [0.1, 0.15) is 12.0 Å². The summed E-state index contributed by atoms with van der Waals surface area (Å²) in [5.41, 5.74) is 0.520. The van der Waals surface area contributed by atoms with Crippen LogP contribution in [0.2, 0.25) is 0 Å². The maximum Gasteiger partial charge on any atom is 0.334 e. The van der Waals surface area contributed by atoms with Crippen molar-refractivity contribution in [1.82, 2.24) is 9.91 Å². The third-order valence-corrected chi connectivity index (χ3v) is 2.66. The molecule has 1 aromatic carbocycles. The first-order chi connectivity index (χ1) is 7.68. The van der Waals surface area contributed by atoms with Gasteiger partial charge in [-0.3, -0.25) is 5.01 Å². The van der Waals surface area contributed by atoms with Gasteiger partial charge in [0, 0.05) is 18.7 Å². The van der Waals surface area contributed by atoms with Crippen molar-refractivity contribution < 1.29 is 9.18 Å². The van der Waals surface area contributed by atoms with Gasteiger partial charge in [0.05, 0.1) is 6.54 Å². The Morgan fingerprint density at radius 3 is 2.81 bits per heavy atom. The van der Waals surface area contributed by atoms with E-state index in [4.69, 9.17) is 5.84 Å². The number of carbonyl (C=O) groups excluding carboxylic acids is 1. The summed E-state index contributed by atoms with van der Waals surface area (Å²) < 4.78 is 13.4. The third kappa shape index (κ3) is 2.14. The van der Waals surface area contributed by atoms with E-state index >= 15 is 0 Å². The Labute approximate surface area is 93.4 Å². The Bertz CT molecular complexity index is 397. The summed E-state index contributed by atoms with van der Waals surface area (Å²) in [6.45, 7) is 1.46. The molecule has 1 heterocycles. The van der Waals surface area contributed by atoms with E-state index in [9.17, 15) is 9.18 Å². The van der Waals surface area contributed by atoms with Gasteiger partial charge in [0.2, 0.25) is 0 Å². The van der Waals surface area contributed by atoms with E-state index in [1.54, 1.807) is 23.1 Å². The van der Waals surface area contributed by atoms with E-state index in [0.717, 1.165) is 6.42 Å². The number of rotatable bonds is 2. The van der Waals surface area contributed by atoms with Crippen molar-refractivity contribution in [2.45, 2.75) is 13.0 Å². The molecule has 0 spiro atoms. The zero-order valence-corrected chi connectivity index (χ0v) is 8.90. The highest BCUT2D eigenvalue weighted by atomic mass is 19.1. The van der Waals surface area contributed by atoms with Gasteiger partial charge in [-0.15, -0.1) is 0 Å². The van der Waals surface area contributed by atoms with Gasteiger partial charge in [-0.2, -0.15) is 0 Å². The molecule has 1 aliphatic heterocycles. The number of hydrazine groups is 1. The largest absolute Gasteiger partial charge is 0.334 e. The maximum atomic E-state index is 13.4. The molecule has 1 fully saturated rings. The number of hydrogen-bond donors (Lipinski definition) is 1. The van der Waals surface area contributed by atoms with Crippen molar-refractivity contribution in [2.75, 3.05) is 13.1 Å². The molecule has 0 aliphatic carbocycles. The lowest BCUT2D eigenvalue weighted by atomic mass is 10.2. The molecule has 0 radical (unpaired) electrons. The molecule has 1 saturated heterocycles. The molecule has 0 bridgehead atoms. The molecule has 5 heteroatoms. The summed E-state index contributed by atoms with van der Waals surface area (Å²) >= 11 is 0. The number of amides is 2. The zero-order chi connectivity index (χ0) is 11.5. The molecule has 0 atom stereocenters. The highest BCUT2D eigenvalue weighted by Crippen LogP contribution is 2.13. The number of nitrogens with two attached hydrogens (primary N) is 1. The Morgan fingerprint density at radius 1 is 1.31 bits per heavy atom.